The van der Waals surface area contributed by atoms with Gasteiger partial charge in [0.2, 0.25) is 0 Å². The number of ether oxygens (including phenoxy) is 2. The van der Waals surface area contributed by atoms with Crippen molar-refractivity contribution < 1.29 is 19.4 Å². The largest absolute Gasteiger partial charge is 0.493 e. The monoisotopic (exact) mass is 457 g/mol. The molecule has 0 spiro atoms. The molecule has 7 heteroatoms. The molecule has 33 heavy (non-hydrogen) atoms. The maximum Gasteiger partial charge on any atom is 0.290 e. The third-order valence-corrected chi connectivity index (χ3v) is 6.40. The highest BCUT2D eigenvalue weighted by Gasteiger charge is 2.28. The van der Waals surface area contributed by atoms with Crippen molar-refractivity contribution >= 4 is 23.2 Å². The van der Waals surface area contributed by atoms with E-state index in [2.05, 4.69) is 50.0 Å². The van der Waals surface area contributed by atoms with Crippen molar-refractivity contribution in [3.05, 3.63) is 23.3 Å². The Morgan fingerprint density at radius 3 is 2.61 bits per heavy atom. The second-order valence-electron chi connectivity index (χ2n) is 10.1. The average molecular weight is 458 g/mol. The van der Waals surface area contributed by atoms with E-state index in [-0.39, 0.29) is 6.47 Å². The van der Waals surface area contributed by atoms with Crippen LogP contribution in [-0.4, -0.2) is 60.9 Å². The number of rotatable bonds is 8. The van der Waals surface area contributed by atoms with Crippen LogP contribution in [-0.2, 0) is 17.6 Å². The maximum absolute atomic E-state index is 8.36. The molecule has 7 nitrogen and oxygen atoms in total. The Hall–Kier alpha value is -2.54. The van der Waals surface area contributed by atoms with Crippen LogP contribution in [0.1, 0.15) is 58.1 Å². The van der Waals surface area contributed by atoms with Gasteiger partial charge in [0.25, 0.3) is 6.47 Å². The standard InChI is InChI=1S/C25H37N3O2.CH2O2/c1-17(2)26-24-19-9-6-8-18(19)20-14-22(29-5)23(15-21(20)27-24)30-13-7-11-28-12-10-25(3,4)16-28;2-1-3/h14-15,17H,6-13,16H2,1-5H3,(H,26,27);1H,(H,2,3). The molecule has 1 aromatic heterocycles. The van der Waals surface area contributed by atoms with Gasteiger partial charge in [0, 0.05) is 30.6 Å². The number of aryl methyl sites for hydroxylation is 1. The lowest BCUT2D eigenvalue weighted by Crippen LogP contribution is -2.25. The normalized spacial score (nSPS) is 16.9. The number of hydrogen-bond donors (Lipinski definition) is 2. The number of aromatic nitrogens is 1. The molecule has 0 bridgehead atoms. The zero-order valence-corrected chi connectivity index (χ0v) is 20.7. The molecule has 2 N–H and O–H groups in total. The summed E-state index contributed by atoms with van der Waals surface area (Å²) in [5.41, 5.74) is 4.25. The third kappa shape index (κ3) is 6.28. The van der Waals surface area contributed by atoms with E-state index in [1.165, 1.54) is 42.4 Å². The van der Waals surface area contributed by atoms with Gasteiger partial charge in [-0.1, -0.05) is 13.8 Å². The minimum atomic E-state index is -0.250. The second-order valence-corrected chi connectivity index (χ2v) is 10.1. The van der Waals surface area contributed by atoms with Crippen LogP contribution in [0.4, 0.5) is 5.82 Å². The molecule has 1 fully saturated rings. The number of hydrogen-bond acceptors (Lipinski definition) is 6. The summed E-state index contributed by atoms with van der Waals surface area (Å²) in [6, 6.07) is 4.56. The van der Waals surface area contributed by atoms with E-state index in [1.54, 1.807) is 7.11 Å². The summed E-state index contributed by atoms with van der Waals surface area (Å²) in [4.78, 5) is 15.9. The molecule has 2 aromatic rings. The first kappa shape index (κ1) is 25.1. The van der Waals surface area contributed by atoms with Crippen molar-refractivity contribution in [3.8, 4) is 11.5 Å². The third-order valence-electron chi connectivity index (χ3n) is 6.40. The van der Waals surface area contributed by atoms with Gasteiger partial charge in [0.1, 0.15) is 5.82 Å². The van der Waals surface area contributed by atoms with Gasteiger partial charge in [-0.3, -0.25) is 4.79 Å². The van der Waals surface area contributed by atoms with Gasteiger partial charge < -0.3 is 24.8 Å². The molecule has 1 aliphatic carbocycles. The van der Waals surface area contributed by atoms with E-state index < -0.39 is 0 Å². The lowest BCUT2D eigenvalue weighted by molar-refractivity contribution is -0.122. The molecule has 1 aromatic carbocycles. The van der Waals surface area contributed by atoms with Gasteiger partial charge in [-0.25, -0.2) is 4.98 Å². The summed E-state index contributed by atoms with van der Waals surface area (Å²) in [7, 11) is 1.72. The fourth-order valence-corrected chi connectivity index (χ4v) is 4.92. The molecule has 2 heterocycles. The molecule has 182 valence electrons. The highest BCUT2D eigenvalue weighted by molar-refractivity contribution is 5.89. The minimum absolute atomic E-state index is 0.250. The first-order chi connectivity index (χ1) is 15.8. The number of nitrogens with one attached hydrogen (secondary N) is 1. The highest BCUT2D eigenvalue weighted by atomic mass is 16.5. The van der Waals surface area contributed by atoms with Gasteiger partial charge in [-0.05, 0) is 75.1 Å². The van der Waals surface area contributed by atoms with Crippen LogP contribution in [0.2, 0.25) is 0 Å². The Kier molecular flexibility index (Phi) is 8.40. The van der Waals surface area contributed by atoms with Gasteiger partial charge in [0.15, 0.2) is 11.5 Å². The van der Waals surface area contributed by atoms with E-state index in [1.807, 2.05) is 0 Å². The van der Waals surface area contributed by atoms with Crippen molar-refractivity contribution in [2.75, 3.05) is 38.7 Å². The molecular weight excluding hydrogens is 418 g/mol. The summed E-state index contributed by atoms with van der Waals surface area (Å²) >= 11 is 0. The van der Waals surface area contributed by atoms with Crippen molar-refractivity contribution in [1.82, 2.24) is 9.88 Å². The molecule has 0 unspecified atom stereocenters. The Morgan fingerprint density at radius 2 is 1.97 bits per heavy atom. The number of carboxylic acid groups (broad SMARTS) is 1. The van der Waals surface area contributed by atoms with Gasteiger partial charge in [0.05, 0.1) is 19.2 Å². The fourth-order valence-electron chi connectivity index (χ4n) is 4.92. The summed E-state index contributed by atoms with van der Waals surface area (Å²) in [5, 5.41) is 11.6. The van der Waals surface area contributed by atoms with Crippen molar-refractivity contribution in [1.29, 1.82) is 0 Å². The SMILES string of the molecule is COc1cc2c3c(c(NC(C)C)nc2cc1OCCCN1CCC(C)(C)C1)CCC3.O=CO. The molecule has 0 radical (unpaired) electrons. The number of fused-ring (bicyclic) bond motifs is 3. The first-order valence-electron chi connectivity index (χ1n) is 12.0. The molecule has 1 aliphatic heterocycles. The lowest BCUT2D eigenvalue weighted by Gasteiger charge is -2.20. The van der Waals surface area contributed by atoms with E-state index in [0.29, 0.717) is 18.1 Å². The fraction of sp³-hybridized carbons (Fsp3) is 0.615. The maximum atomic E-state index is 8.36. The molecule has 1 saturated heterocycles. The summed E-state index contributed by atoms with van der Waals surface area (Å²) in [5.74, 6) is 2.65. The summed E-state index contributed by atoms with van der Waals surface area (Å²) in [6.45, 7) is 13.0. The number of anilines is 1. The van der Waals surface area contributed by atoms with Crippen LogP contribution in [0, 0.1) is 5.41 Å². The van der Waals surface area contributed by atoms with Gasteiger partial charge in [-0.15, -0.1) is 0 Å². The van der Waals surface area contributed by atoms with E-state index in [9.17, 15) is 0 Å². The molecule has 4 rings (SSSR count). The zero-order valence-electron chi connectivity index (χ0n) is 20.7. The topological polar surface area (TPSA) is 83.9 Å². The predicted octanol–water partition coefficient (Wildman–Crippen LogP) is 4.75. The number of likely N-dealkylation sites (tertiary alicyclic amines) is 1. The molecule has 0 atom stereocenters. The van der Waals surface area contributed by atoms with Crippen molar-refractivity contribution in [2.45, 2.75) is 65.8 Å². The van der Waals surface area contributed by atoms with Crippen LogP contribution in [0.5, 0.6) is 11.5 Å². The summed E-state index contributed by atoms with van der Waals surface area (Å²) < 4.78 is 11.9. The Labute approximate surface area is 197 Å². The number of carbonyl (C=O) groups is 1. The average Bonchev–Trinajstić information content (AvgIpc) is 3.38. The number of pyridine rings is 1. The number of benzene rings is 1. The summed E-state index contributed by atoms with van der Waals surface area (Å²) in [6.07, 6.45) is 5.71. The minimum Gasteiger partial charge on any atom is -0.493 e. The lowest BCUT2D eigenvalue weighted by atomic mass is 9.93. The predicted molar refractivity (Wildman–Crippen MR) is 133 cm³/mol. The Bertz CT molecular complexity index is 958. The van der Waals surface area contributed by atoms with Gasteiger partial charge in [-0.2, -0.15) is 0 Å². The van der Waals surface area contributed by atoms with Crippen LogP contribution >= 0.6 is 0 Å². The van der Waals surface area contributed by atoms with E-state index >= 15 is 0 Å². The van der Waals surface area contributed by atoms with E-state index in [0.717, 1.165) is 48.6 Å². The second kappa shape index (κ2) is 11.1. The highest BCUT2D eigenvalue weighted by Crippen LogP contribution is 2.39. The molecule has 2 aliphatic rings. The van der Waals surface area contributed by atoms with Crippen LogP contribution in [0.3, 0.4) is 0 Å². The molecule has 0 saturated carbocycles. The smallest absolute Gasteiger partial charge is 0.290 e. The van der Waals surface area contributed by atoms with E-state index in [4.69, 9.17) is 24.4 Å². The quantitative estimate of drug-likeness (QED) is 0.437. The van der Waals surface area contributed by atoms with Crippen molar-refractivity contribution in [2.24, 2.45) is 5.41 Å². The van der Waals surface area contributed by atoms with Crippen molar-refractivity contribution in [3.63, 3.8) is 0 Å². The Balaban J connectivity index is 0.000000968. The van der Waals surface area contributed by atoms with Crippen LogP contribution in [0.15, 0.2) is 12.1 Å². The van der Waals surface area contributed by atoms with Crippen LogP contribution < -0.4 is 14.8 Å². The molecular formula is C26H39N3O4. The zero-order chi connectivity index (χ0) is 24.0. The van der Waals surface area contributed by atoms with Crippen LogP contribution in [0.25, 0.3) is 10.9 Å². The molecule has 0 amide bonds. The first-order valence-corrected chi connectivity index (χ1v) is 12.0. The number of methoxy groups -OCH3 is 1. The number of nitrogens with zero attached hydrogens (tertiary/aromatic N) is 2. The van der Waals surface area contributed by atoms with Gasteiger partial charge >= 0.3 is 0 Å². The Morgan fingerprint density at radius 1 is 1.24 bits per heavy atom.